The summed E-state index contributed by atoms with van der Waals surface area (Å²) in [6.45, 7) is 4.54. The van der Waals surface area contributed by atoms with Gasteiger partial charge in [0.25, 0.3) is 0 Å². The molecule has 3 fully saturated rings. The summed E-state index contributed by atoms with van der Waals surface area (Å²) >= 11 is 0. The van der Waals surface area contributed by atoms with Crippen LogP contribution in [0.2, 0.25) is 0 Å². The van der Waals surface area contributed by atoms with Gasteiger partial charge < -0.3 is 14.2 Å². The first-order valence-corrected chi connectivity index (χ1v) is 10.6. The predicted octanol–water partition coefficient (Wildman–Crippen LogP) is 2.84. The number of hydrogen-bond acceptors (Lipinski definition) is 5. The van der Waals surface area contributed by atoms with Crippen molar-refractivity contribution in [3.63, 3.8) is 0 Å². The highest BCUT2D eigenvalue weighted by atomic mass is 32.2. The van der Waals surface area contributed by atoms with Crippen LogP contribution in [-0.2, 0) is 14.9 Å². The van der Waals surface area contributed by atoms with Gasteiger partial charge in [0.2, 0.25) is 0 Å². The van der Waals surface area contributed by atoms with E-state index in [4.69, 9.17) is 4.74 Å². The lowest BCUT2D eigenvalue weighted by molar-refractivity contribution is 0.0734. The van der Waals surface area contributed by atoms with Gasteiger partial charge in [-0.3, -0.25) is 0 Å². The molecule has 0 bridgehead atoms. The molecule has 3 atom stereocenters. The van der Waals surface area contributed by atoms with E-state index in [2.05, 4.69) is 11.5 Å². The van der Waals surface area contributed by atoms with E-state index in [1.807, 2.05) is 0 Å². The molecule has 3 aliphatic rings. The molecule has 0 aromatic rings. The standard InChI is InChI=1S/C17H29NO4S/c1-13-18(10-5-11-23(19,20)21)16-12-15(8-9-17(16)22-13)14-6-3-2-4-7-14/h14-17H,1-12H2,(H,19,20,21)/p-1. The van der Waals surface area contributed by atoms with Crippen LogP contribution in [0.5, 0.6) is 0 Å². The van der Waals surface area contributed by atoms with E-state index < -0.39 is 10.1 Å². The maximum atomic E-state index is 10.8. The van der Waals surface area contributed by atoms with Crippen molar-refractivity contribution < 1.29 is 17.7 Å². The van der Waals surface area contributed by atoms with Gasteiger partial charge in [-0.15, -0.1) is 0 Å². The van der Waals surface area contributed by atoms with Crippen LogP contribution in [0.1, 0.15) is 57.8 Å². The summed E-state index contributed by atoms with van der Waals surface area (Å²) in [4.78, 5) is 2.12. The van der Waals surface area contributed by atoms with Crippen LogP contribution in [0.3, 0.4) is 0 Å². The third-order valence-corrected chi connectivity index (χ3v) is 6.70. The fourth-order valence-electron chi connectivity index (χ4n) is 4.78. The third kappa shape index (κ3) is 4.21. The summed E-state index contributed by atoms with van der Waals surface area (Å²) in [6.07, 6.45) is 10.8. The minimum Gasteiger partial charge on any atom is -0.748 e. The van der Waals surface area contributed by atoms with Gasteiger partial charge in [-0.05, 0) is 44.1 Å². The lowest BCUT2D eigenvalue weighted by Gasteiger charge is -2.39. The highest BCUT2D eigenvalue weighted by molar-refractivity contribution is 7.85. The molecule has 0 spiro atoms. The van der Waals surface area contributed by atoms with Crippen LogP contribution in [0.15, 0.2) is 12.5 Å². The summed E-state index contributed by atoms with van der Waals surface area (Å²) in [5.74, 6) is 1.96. The van der Waals surface area contributed by atoms with Crippen molar-refractivity contribution in [3.8, 4) is 0 Å². The average molecular weight is 342 g/mol. The largest absolute Gasteiger partial charge is 0.748 e. The van der Waals surface area contributed by atoms with E-state index in [0.29, 0.717) is 24.9 Å². The lowest BCUT2D eigenvalue weighted by Crippen LogP contribution is -2.42. The van der Waals surface area contributed by atoms with Gasteiger partial charge in [-0.1, -0.05) is 32.1 Å². The first-order chi connectivity index (χ1) is 10.9. The van der Waals surface area contributed by atoms with Crippen molar-refractivity contribution in [1.82, 2.24) is 4.90 Å². The quantitative estimate of drug-likeness (QED) is 0.719. The molecule has 1 aliphatic heterocycles. The van der Waals surface area contributed by atoms with E-state index in [1.165, 1.54) is 38.5 Å². The highest BCUT2D eigenvalue weighted by Crippen LogP contribution is 2.43. The van der Waals surface area contributed by atoms with Crippen molar-refractivity contribution in [2.24, 2.45) is 11.8 Å². The molecule has 3 rings (SSSR count). The summed E-state index contributed by atoms with van der Waals surface area (Å²) in [5.41, 5.74) is 0. The highest BCUT2D eigenvalue weighted by Gasteiger charge is 2.43. The smallest absolute Gasteiger partial charge is 0.182 e. The molecule has 0 N–H and O–H groups in total. The molecule has 0 radical (unpaired) electrons. The summed E-state index contributed by atoms with van der Waals surface area (Å²) in [5, 5.41) is 0. The van der Waals surface area contributed by atoms with Crippen LogP contribution < -0.4 is 0 Å². The molecule has 0 amide bonds. The molecule has 6 heteroatoms. The zero-order chi connectivity index (χ0) is 16.4. The number of rotatable bonds is 5. The van der Waals surface area contributed by atoms with Gasteiger partial charge in [0, 0.05) is 12.3 Å². The molecular weight excluding hydrogens is 314 g/mol. The third-order valence-electron chi connectivity index (χ3n) is 5.91. The van der Waals surface area contributed by atoms with E-state index >= 15 is 0 Å². The maximum Gasteiger partial charge on any atom is 0.182 e. The van der Waals surface area contributed by atoms with Crippen molar-refractivity contribution in [2.75, 3.05) is 12.3 Å². The Morgan fingerprint density at radius 1 is 1.13 bits per heavy atom. The van der Waals surface area contributed by atoms with E-state index in [1.54, 1.807) is 0 Å². The molecule has 3 unspecified atom stereocenters. The van der Waals surface area contributed by atoms with Gasteiger partial charge >= 0.3 is 0 Å². The molecule has 1 heterocycles. The Balaban J connectivity index is 1.58. The van der Waals surface area contributed by atoms with Crippen molar-refractivity contribution >= 4 is 10.1 Å². The minimum absolute atomic E-state index is 0.200. The summed E-state index contributed by atoms with van der Waals surface area (Å²) in [7, 11) is -4.14. The molecular formula is C17H28NO4S-. The first-order valence-electron chi connectivity index (χ1n) is 9.00. The van der Waals surface area contributed by atoms with Gasteiger partial charge in [0.15, 0.2) is 5.88 Å². The second-order valence-electron chi connectivity index (χ2n) is 7.40. The Kier molecular flexibility index (Phi) is 5.21. The fourth-order valence-corrected chi connectivity index (χ4v) is 5.26. The molecule has 2 aliphatic carbocycles. The molecule has 0 aromatic heterocycles. The Labute approximate surface area is 139 Å². The fraction of sp³-hybridized carbons (Fsp3) is 0.882. The maximum absolute atomic E-state index is 10.8. The predicted molar refractivity (Wildman–Crippen MR) is 87.6 cm³/mol. The van der Waals surface area contributed by atoms with E-state index in [-0.39, 0.29) is 11.9 Å². The second-order valence-corrected chi connectivity index (χ2v) is 8.92. The Morgan fingerprint density at radius 3 is 2.57 bits per heavy atom. The molecule has 2 saturated carbocycles. The zero-order valence-electron chi connectivity index (χ0n) is 13.8. The molecule has 1 saturated heterocycles. The van der Waals surface area contributed by atoms with E-state index in [0.717, 1.165) is 24.7 Å². The van der Waals surface area contributed by atoms with Crippen LogP contribution in [0, 0.1) is 11.8 Å². The lowest BCUT2D eigenvalue weighted by atomic mass is 9.71. The molecule has 0 aromatic carbocycles. The summed E-state index contributed by atoms with van der Waals surface area (Å²) < 4.78 is 38.3. The normalized spacial score (nSPS) is 32.7. The van der Waals surface area contributed by atoms with Crippen molar-refractivity contribution in [1.29, 1.82) is 0 Å². The Hall–Kier alpha value is -0.750. The zero-order valence-corrected chi connectivity index (χ0v) is 14.6. The first kappa shape index (κ1) is 17.1. The molecule has 23 heavy (non-hydrogen) atoms. The number of nitrogens with zero attached hydrogens (tertiary/aromatic N) is 1. The van der Waals surface area contributed by atoms with Gasteiger partial charge in [0.1, 0.15) is 6.10 Å². The second kappa shape index (κ2) is 7.01. The summed E-state index contributed by atoms with van der Waals surface area (Å²) in [6, 6.07) is 0.317. The molecule has 5 nitrogen and oxygen atoms in total. The van der Waals surface area contributed by atoms with Gasteiger partial charge in [0.05, 0.1) is 16.2 Å². The number of fused-ring (bicyclic) bond motifs is 1. The topological polar surface area (TPSA) is 69.7 Å². The van der Waals surface area contributed by atoms with Crippen LogP contribution in [0.4, 0.5) is 0 Å². The van der Waals surface area contributed by atoms with Crippen LogP contribution >= 0.6 is 0 Å². The minimum atomic E-state index is -4.14. The Bertz CT molecular complexity index is 527. The van der Waals surface area contributed by atoms with Crippen LogP contribution in [-0.4, -0.2) is 42.3 Å². The van der Waals surface area contributed by atoms with Gasteiger partial charge in [-0.25, -0.2) is 8.42 Å². The average Bonchev–Trinajstić information content (AvgIpc) is 2.82. The monoisotopic (exact) mass is 342 g/mol. The SMILES string of the molecule is C=C1OC2CCC(C3CCCCC3)CC2N1CCCS(=O)(=O)[O-]. The van der Waals surface area contributed by atoms with Crippen LogP contribution in [0.25, 0.3) is 0 Å². The number of ether oxygens (including phenoxy) is 1. The van der Waals surface area contributed by atoms with Gasteiger partial charge in [-0.2, -0.15) is 0 Å². The number of hydrogen-bond donors (Lipinski definition) is 0. The molecule has 132 valence electrons. The Morgan fingerprint density at radius 2 is 1.87 bits per heavy atom. The van der Waals surface area contributed by atoms with Crippen molar-refractivity contribution in [2.45, 2.75) is 69.9 Å². The van der Waals surface area contributed by atoms with Crippen molar-refractivity contribution in [3.05, 3.63) is 12.5 Å². The van der Waals surface area contributed by atoms with E-state index in [9.17, 15) is 13.0 Å².